The Balaban J connectivity index is 1.45. The number of nitrogens with zero attached hydrogens (tertiary/aromatic N) is 5. The van der Waals surface area contributed by atoms with Crippen LogP contribution in [0, 0.1) is 5.82 Å². The minimum absolute atomic E-state index is 0.108. The third-order valence-corrected chi connectivity index (χ3v) is 5.77. The number of hydrogen-bond acceptors (Lipinski definition) is 6. The molecule has 0 fully saturated rings. The zero-order valence-electron chi connectivity index (χ0n) is 15.2. The molecule has 0 aliphatic carbocycles. The van der Waals surface area contributed by atoms with E-state index in [0.717, 1.165) is 5.56 Å². The van der Waals surface area contributed by atoms with Crippen LogP contribution in [-0.2, 0) is 11.3 Å². The van der Waals surface area contributed by atoms with Crippen molar-refractivity contribution in [3.63, 3.8) is 0 Å². The number of hydrogen-bond donors (Lipinski definition) is 1. The van der Waals surface area contributed by atoms with Crippen LogP contribution in [0.15, 0.2) is 53.8 Å². The Bertz CT molecular complexity index is 1220. The van der Waals surface area contributed by atoms with Gasteiger partial charge in [0.2, 0.25) is 5.91 Å². The van der Waals surface area contributed by atoms with Gasteiger partial charge in [0.1, 0.15) is 17.2 Å². The summed E-state index contributed by atoms with van der Waals surface area (Å²) < 4.78 is 14.7. The van der Waals surface area contributed by atoms with Gasteiger partial charge in [0, 0.05) is 5.69 Å². The lowest BCUT2D eigenvalue weighted by atomic mass is 10.2. The molecular weight excluding hydrogens is 450 g/mol. The first kappa shape index (κ1) is 20.5. The van der Waals surface area contributed by atoms with Crippen LogP contribution in [0.25, 0.3) is 11.2 Å². The molecule has 152 valence electrons. The Hall–Kier alpha value is -2.75. The molecule has 0 aliphatic heterocycles. The number of benzene rings is 2. The number of anilines is 1. The first-order valence-electron chi connectivity index (χ1n) is 8.66. The van der Waals surface area contributed by atoms with Crippen LogP contribution in [0.4, 0.5) is 10.1 Å². The van der Waals surface area contributed by atoms with Gasteiger partial charge in [-0.15, -0.1) is 5.10 Å². The van der Waals surface area contributed by atoms with Crippen molar-refractivity contribution in [2.24, 2.45) is 0 Å². The van der Waals surface area contributed by atoms with E-state index in [2.05, 4.69) is 25.6 Å². The average Bonchev–Trinajstić information content (AvgIpc) is 3.14. The van der Waals surface area contributed by atoms with Crippen molar-refractivity contribution in [3.05, 3.63) is 70.2 Å². The molecule has 1 N–H and O–H groups in total. The minimum Gasteiger partial charge on any atom is -0.325 e. The van der Waals surface area contributed by atoms with Crippen LogP contribution in [0.1, 0.15) is 5.56 Å². The highest BCUT2D eigenvalue weighted by atomic mass is 35.5. The molecular formula is C19H13Cl2FN6OS. The molecule has 11 heteroatoms. The normalized spacial score (nSPS) is 11.0. The molecule has 0 radical (unpaired) electrons. The summed E-state index contributed by atoms with van der Waals surface area (Å²) >= 11 is 13.1. The summed E-state index contributed by atoms with van der Waals surface area (Å²) in [6.45, 7) is 0.385. The van der Waals surface area contributed by atoms with E-state index >= 15 is 0 Å². The molecule has 1 amide bonds. The maximum Gasteiger partial charge on any atom is 0.234 e. The van der Waals surface area contributed by atoms with Crippen molar-refractivity contribution < 1.29 is 9.18 Å². The van der Waals surface area contributed by atoms with Crippen molar-refractivity contribution in [2.75, 3.05) is 11.1 Å². The van der Waals surface area contributed by atoms with E-state index < -0.39 is 0 Å². The molecule has 0 saturated carbocycles. The van der Waals surface area contributed by atoms with Gasteiger partial charge in [0.15, 0.2) is 11.2 Å². The van der Waals surface area contributed by atoms with Crippen LogP contribution >= 0.6 is 35.0 Å². The largest absolute Gasteiger partial charge is 0.325 e. The maximum atomic E-state index is 13.1. The van der Waals surface area contributed by atoms with Gasteiger partial charge in [-0.3, -0.25) is 4.79 Å². The molecule has 7 nitrogen and oxygen atoms in total. The van der Waals surface area contributed by atoms with Crippen molar-refractivity contribution in [3.8, 4) is 0 Å². The van der Waals surface area contributed by atoms with Gasteiger partial charge in [0.25, 0.3) is 0 Å². The van der Waals surface area contributed by atoms with E-state index in [4.69, 9.17) is 23.2 Å². The predicted octanol–water partition coefficient (Wildman–Crippen LogP) is 4.45. The van der Waals surface area contributed by atoms with Crippen LogP contribution in [-0.4, -0.2) is 36.6 Å². The van der Waals surface area contributed by atoms with Crippen molar-refractivity contribution in [1.29, 1.82) is 0 Å². The number of carbonyl (C=O) groups excluding carboxylic acids is 1. The summed E-state index contributed by atoms with van der Waals surface area (Å²) in [5.74, 6) is -0.428. The number of carbonyl (C=O) groups is 1. The van der Waals surface area contributed by atoms with E-state index in [1.54, 1.807) is 35.0 Å². The Morgan fingerprint density at radius 3 is 2.67 bits per heavy atom. The Morgan fingerprint density at radius 1 is 1.10 bits per heavy atom. The number of amides is 1. The van der Waals surface area contributed by atoms with Gasteiger partial charge in [0.05, 0.1) is 22.3 Å². The maximum absolute atomic E-state index is 13.1. The van der Waals surface area contributed by atoms with Crippen LogP contribution < -0.4 is 5.32 Å². The fourth-order valence-corrected chi connectivity index (χ4v) is 3.68. The van der Waals surface area contributed by atoms with Crippen LogP contribution in [0.3, 0.4) is 0 Å². The van der Waals surface area contributed by atoms with Crippen molar-refractivity contribution in [1.82, 2.24) is 25.0 Å². The predicted molar refractivity (Wildman–Crippen MR) is 114 cm³/mol. The zero-order chi connectivity index (χ0) is 21.1. The van der Waals surface area contributed by atoms with Crippen molar-refractivity contribution in [2.45, 2.75) is 11.6 Å². The van der Waals surface area contributed by atoms with E-state index in [1.807, 2.05) is 0 Å². The molecule has 0 atom stereocenters. The summed E-state index contributed by atoms with van der Waals surface area (Å²) in [4.78, 5) is 20.7. The summed E-state index contributed by atoms with van der Waals surface area (Å²) in [6.07, 6.45) is 1.39. The van der Waals surface area contributed by atoms with Crippen molar-refractivity contribution >= 4 is 57.7 Å². The highest BCUT2D eigenvalue weighted by Gasteiger charge is 2.14. The van der Waals surface area contributed by atoms with E-state index in [1.165, 1.54) is 30.2 Å². The average molecular weight is 463 g/mol. The first-order valence-corrected chi connectivity index (χ1v) is 10.4. The third kappa shape index (κ3) is 4.69. The van der Waals surface area contributed by atoms with Gasteiger partial charge in [-0.1, -0.05) is 52.3 Å². The lowest BCUT2D eigenvalue weighted by Gasteiger charge is -2.06. The quantitative estimate of drug-likeness (QED) is 0.336. The molecule has 0 unspecified atom stereocenters. The fraction of sp³-hybridized carbons (Fsp3) is 0.105. The number of fused-ring (bicyclic) bond motifs is 1. The Labute approximate surface area is 184 Å². The molecule has 4 aromatic rings. The molecule has 0 aliphatic rings. The van der Waals surface area contributed by atoms with Gasteiger partial charge >= 0.3 is 0 Å². The second kappa shape index (κ2) is 8.95. The van der Waals surface area contributed by atoms with Crippen LogP contribution in [0.5, 0.6) is 0 Å². The standard InChI is InChI=1S/C19H13Cl2FN6OS/c20-14-6-5-13(7-15(14)21)25-16(29)9-30-19-17-18(23-10-24-19)28(27-26-17)8-11-1-3-12(22)4-2-11/h1-7,10H,8-9H2,(H,25,29). The molecule has 2 aromatic heterocycles. The summed E-state index contributed by atoms with van der Waals surface area (Å²) in [5.41, 5.74) is 2.43. The molecule has 0 bridgehead atoms. The number of halogens is 3. The summed E-state index contributed by atoms with van der Waals surface area (Å²) in [6, 6.07) is 11.0. The highest BCUT2D eigenvalue weighted by Crippen LogP contribution is 2.26. The number of nitrogens with one attached hydrogen (secondary N) is 1. The topological polar surface area (TPSA) is 85.6 Å². The second-order valence-electron chi connectivity index (χ2n) is 6.19. The lowest BCUT2D eigenvalue weighted by molar-refractivity contribution is -0.113. The Kier molecular flexibility index (Phi) is 6.12. The highest BCUT2D eigenvalue weighted by molar-refractivity contribution is 8.00. The lowest BCUT2D eigenvalue weighted by Crippen LogP contribution is -2.14. The molecule has 2 heterocycles. The molecule has 4 rings (SSSR count). The van der Waals surface area contributed by atoms with Crippen LogP contribution in [0.2, 0.25) is 10.0 Å². The van der Waals surface area contributed by atoms with Gasteiger partial charge < -0.3 is 5.32 Å². The SMILES string of the molecule is O=C(CSc1ncnc2c1nnn2Cc1ccc(F)cc1)Nc1ccc(Cl)c(Cl)c1. The number of rotatable bonds is 6. The Morgan fingerprint density at radius 2 is 1.90 bits per heavy atom. The number of aromatic nitrogens is 5. The number of thioether (sulfide) groups is 1. The van der Waals surface area contributed by atoms with E-state index in [9.17, 15) is 9.18 Å². The van der Waals surface area contributed by atoms with Gasteiger partial charge in [-0.2, -0.15) is 0 Å². The minimum atomic E-state index is -0.303. The van der Waals surface area contributed by atoms with E-state index in [0.29, 0.717) is 38.5 Å². The molecule has 0 spiro atoms. The first-order chi connectivity index (χ1) is 14.5. The fourth-order valence-electron chi connectivity index (χ4n) is 2.65. The van der Waals surface area contributed by atoms with Gasteiger partial charge in [-0.05, 0) is 35.9 Å². The monoisotopic (exact) mass is 462 g/mol. The summed E-state index contributed by atoms with van der Waals surface area (Å²) in [5, 5.41) is 12.3. The second-order valence-corrected chi connectivity index (χ2v) is 7.97. The summed E-state index contributed by atoms with van der Waals surface area (Å²) in [7, 11) is 0. The zero-order valence-corrected chi connectivity index (χ0v) is 17.5. The van der Waals surface area contributed by atoms with E-state index in [-0.39, 0.29) is 17.5 Å². The molecule has 0 saturated heterocycles. The molecule has 30 heavy (non-hydrogen) atoms. The smallest absolute Gasteiger partial charge is 0.234 e. The molecule has 2 aromatic carbocycles. The third-order valence-electron chi connectivity index (χ3n) is 4.06. The van der Waals surface area contributed by atoms with Gasteiger partial charge in [-0.25, -0.2) is 19.0 Å².